The van der Waals surface area contributed by atoms with Crippen molar-refractivity contribution in [2.24, 2.45) is 0 Å². The summed E-state index contributed by atoms with van der Waals surface area (Å²) in [5, 5.41) is 0.968. The largest absolute Gasteiger partial charge is 0.465 e. The number of carbonyl (C=O) groups is 2. The molecule has 31 heavy (non-hydrogen) atoms. The maximum atomic E-state index is 13.4. The lowest BCUT2D eigenvalue weighted by Crippen LogP contribution is -2.36. The number of rotatable bonds is 4. The normalized spacial score (nSPS) is 13.3. The zero-order chi connectivity index (χ0) is 21.4. The molecule has 0 atom stereocenters. The summed E-state index contributed by atoms with van der Waals surface area (Å²) in [5.74, 6) is -0.343. The van der Waals surface area contributed by atoms with Crippen LogP contribution in [0.4, 0.5) is 0 Å². The number of benzene rings is 2. The van der Waals surface area contributed by atoms with Crippen LogP contribution in [0.25, 0.3) is 10.9 Å². The van der Waals surface area contributed by atoms with Crippen LogP contribution in [-0.4, -0.2) is 40.0 Å². The highest BCUT2D eigenvalue weighted by atomic mass is 16.5. The first-order valence-corrected chi connectivity index (χ1v) is 10.3. The molecule has 2 aromatic carbocycles. The van der Waals surface area contributed by atoms with Gasteiger partial charge in [-0.05, 0) is 35.9 Å². The second-order valence-corrected chi connectivity index (χ2v) is 7.82. The topological polar surface area (TPSA) is 67.3 Å². The minimum absolute atomic E-state index is 0.0186. The molecule has 0 fully saturated rings. The van der Waals surface area contributed by atoms with Gasteiger partial charge in [-0.1, -0.05) is 30.3 Å². The van der Waals surface area contributed by atoms with E-state index in [9.17, 15) is 9.59 Å². The highest BCUT2D eigenvalue weighted by Gasteiger charge is 2.26. The molecule has 0 aliphatic carbocycles. The lowest BCUT2D eigenvalue weighted by atomic mass is 10.0. The minimum Gasteiger partial charge on any atom is -0.465 e. The molecule has 1 aliphatic rings. The summed E-state index contributed by atoms with van der Waals surface area (Å²) in [5.41, 5.74) is 5.52. The molecule has 1 N–H and O–H groups in total. The molecule has 6 nitrogen and oxygen atoms in total. The number of methoxy groups -OCH3 is 1. The van der Waals surface area contributed by atoms with Gasteiger partial charge in [0.05, 0.1) is 12.7 Å². The van der Waals surface area contributed by atoms with Gasteiger partial charge >= 0.3 is 5.97 Å². The third kappa shape index (κ3) is 3.50. The molecule has 5 rings (SSSR count). The van der Waals surface area contributed by atoms with Crippen molar-refractivity contribution in [3.8, 4) is 0 Å². The number of ether oxygens (including phenoxy) is 1. The zero-order valence-electron chi connectivity index (χ0n) is 17.3. The summed E-state index contributed by atoms with van der Waals surface area (Å²) in [6.45, 7) is 1.82. The third-order valence-corrected chi connectivity index (χ3v) is 5.93. The number of aromatic nitrogens is 2. The third-order valence-electron chi connectivity index (χ3n) is 5.93. The van der Waals surface area contributed by atoms with E-state index >= 15 is 0 Å². The molecular formula is C25H23N3O3. The molecular weight excluding hydrogens is 390 g/mol. The van der Waals surface area contributed by atoms with Gasteiger partial charge in [0.2, 0.25) is 0 Å². The molecule has 156 valence electrons. The Labute approximate surface area is 180 Å². The fraction of sp³-hybridized carbons (Fsp3) is 0.200. The van der Waals surface area contributed by atoms with Crippen LogP contribution in [0.5, 0.6) is 0 Å². The summed E-state index contributed by atoms with van der Waals surface area (Å²) in [6, 6.07) is 19.4. The zero-order valence-corrected chi connectivity index (χ0v) is 17.3. The summed E-state index contributed by atoms with van der Waals surface area (Å²) in [4.78, 5) is 30.7. The smallest absolute Gasteiger partial charge is 0.337 e. The lowest BCUT2D eigenvalue weighted by Gasteiger charge is -2.27. The van der Waals surface area contributed by atoms with Gasteiger partial charge in [-0.2, -0.15) is 0 Å². The molecule has 0 bridgehead atoms. The predicted octanol–water partition coefficient (Wildman–Crippen LogP) is 4.00. The summed E-state index contributed by atoms with van der Waals surface area (Å²) in [7, 11) is 1.38. The van der Waals surface area contributed by atoms with Gasteiger partial charge in [-0.15, -0.1) is 0 Å². The van der Waals surface area contributed by atoms with Crippen LogP contribution in [0, 0.1) is 0 Å². The summed E-state index contributed by atoms with van der Waals surface area (Å²) in [6.07, 6.45) is 2.70. The quantitative estimate of drug-likeness (QED) is 0.514. The maximum Gasteiger partial charge on any atom is 0.337 e. The molecule has 4 aromatic rings. The molecule has 6 heteroatoms. The van der Waals surface area contributed by atoms with Gasteiger partial charge in [0.25, 0.3) is 5.91 Å². The molecule has 3 heterocycles. The van der Waals surface area contributed by atoms with Gasteiger partial charge in [-0.3, -0.25) is 4.79 Å². The first-order valence-electron chi connectivity index (χ1n) is 10.3. The standard InChI is InChI=1S/C25H23N3O3/c1-31-25(30)18-9-10-21-19(14-18)20-16-28(13-11-22(20)26-21)24(29)23-8-5-12-27(23)15-17-6-3-2-4-7-17/h2-10,12,14,26H,11,13,15-16H2,1H3. The first kappa shape index (κ1) is 19.2. The summed E-state index contributed by atoms with van der Waals surface area (Å²) >= 11 is 0. The Bertz CT molecular complexity index is 1270. The Kier molecular flexibility index (Phi) is 4.82. The van der Waals surface area contributed by atoms with E-state index in [1.54, 1.807) is 6.07 Å². The van der Waals surface area contributed by atoms with E-state index in [1.807, 2.05) is 58.1 Å². The number of nitrogens with one attached hydrogen (secondary N) is 1. The average Bonchev–Trinajstić information content (AvgIpc) is 3.42. The number of amides is 1. The van der Waals surface area contributed by atoms with Gasteiger partial charge in [-0.25, -0.2) is 4.79 Å². The molecule has 2 aromatic heterocycles. The fourth-order valence-corrected chi connectivity index (χ4v) is 4.32. The number of H-pyrrole nitrogens is 1. The highest BCUT2D eigenvalue weighted by Crippen LogP contribution is 2.29. The second-order valence-electron chi connectivity index (χ2n) is 7.82. The van der Waals surface area contributed by atoms with Gasteiger partial charge in [0.15, 0.2) is 0 Å². The number of hydrogen-bond donors (Lipinski definition) is 1. The Morgan fingerprint density at radius 2 is 1.90 bits per heavy atom. The number of aromatic amines is 1. The van der Waals surface area contributed by atoms with E-state index in [0.29, 0.717) is 30.9 Å². The number of nitrogens with zero attached hydrogens (tertiary/aromatic N) is 2. The van der Waals surface area contributed by atoms with Crippen LogP contribution < -0.4 is 0 Å². The second kappa shape index (κ2) is 7.80. The Balaban J connectivity index is 1.42. The van der Waals surface area contributed by atoms with Crippen LogP contribution in [0.3, 0.4) is 0 Å². The van der Waals surface area contributed by atoms with E-state index in [1.165, 1.54) is 7.11 Å². The molecule has 0 unspecified atom stereocenters. The maximum absolute atomic E-state index is 13.4. The number of carbonyl (C=O) groups excluding carboxylic acids is 2. The van der Waals surface area contributed by atoms with Crippen LogP contribution in [-0.2, 0) is 24.2 Å². The first-order chi connectivity index (χ1) is 15.1. The number of esters is 1. The Hall–Kier alpha value is -3.80. The molecule has 0 saturated carbocycles. The average molecular weight is 413 g/mol. The molecule has 0 spiro atoms. The number of fused-ring (bicyclic) bond motifs is 3. The Morgan fingerprint density at radius 3 is 2.71 bits per heavy atom. The van der Waals surface area contributed by atoms with Gasteiger partial charge in [0, 0.05) is 54.4 Å². The number of hydrogen-bond acceptors (Lipinski definition) is 3. The van der Waals surface area contributed by atoms with E-state index in [0.717, 1.165) is 34.1 Å². The molecule has 0 saturated heterocycles. The molecule has 0 radical (unpaired) electrons. The molecule has 1 aliphatic heterocycles. The van der Waals surface area contributed by atoms with E-state index in [2.05, 4.69) is 17.1 Å². The monoisotopic (exact) mass is 413 g/mol. The van der Waals surface area contributed by atoms with Crippen molar-refractivity contribution in [3.05, 3.63) is 94.9 Å². The van der Waals surface area contributed by atoms with Crippen molar-refractivity contribution in [2.45, 2.75) is 19.5 Å². The van der Waals surface area contributed by atoms with Crippen LogP contribution in [0.15, 0.2) is 66.9 Å². The van der Waals surface area contributed by atoms with Crippen LogP contribution >= 0.6 is 0 Å². The minimum atomic E-state index is -0.362. The predicted molar refractivity (Wildman–Crippen MR) is 118 cm³/mol. The summed E-state index contributed by atoms with van der Waals surface area (Å²) < 4.78 is 6.86. The lowest BCUT2D eigenvalue weighted by molar-refractivity contribution is 0.0600. The fourth-order valence-electron chi connectivity index (χ4n) is 4.32. The van der Waals surface area contributed by atoms with Crippen LogP contribution in [0.1, 0.15) is 37.7 Å². The van der Waals surface area contributed by atoms with Crippen molar-refractivity contribution < 1.29 is 14.3 Å². The molecule has 1 amide bonds. The van der Waals surface area contributed by atoms with Crippen molar-refractivity contribution >= 4 is 22.8 Å². The van der Waals surface area contributed by atoms with E-state index in [4.69, 9.17) is 4.74 Å². The van der Waals surface area contributed by atoms with E-state index in [-0.39, 0.29) is 11.9 Å². The van der Waals surface area contributed by atoms with Crippen LogP contribution in [0.2, 0.25) is 0 Å². The van der Waals surface area contributed by atoms with Crippen molar-refractivity contribution in [3.63, 3.8) is 0 Å². The Morgan fingerprint density at radius 1 is 1.06 bits per heavy atom. The van der Waals surface area contributed by atoms with E-state index < -0.39 is 0 Å². The van der Waals surface area contributed by atoms with Crippen molar-refractivity contribution in [1.29, 1.82) is 0 Å². The highest BCUT2D eigenvalue weighted by molar-refractivity contribution is 5.97. The SMILES string of the molecule is COC(=O)c1ccc2[nH]c3c(c2c1)CN(C(=O)c1cccn1Cc1ccccc1)CC3. The van der Waals surface area contributed by atoms with Gasteiger partial charge < -0.3 is 19.2 Å². The van der Waals surface area contributed by atoms with Gasteiger partial charge in [0.1, 0.15) is 5.69 Å². The van der Waals surface area contributed by atoms with Crippen molar-refractivity contribution in [2.75, 3.05) is 13.7 Å². The van der Waals surface area contributed by atoms with Crippen molar-refractivity contribution in [1.82, 2.24) is 14.5 Å².